The molecule has 0 spiro atoms. The van der Waals surface area contributed by atoms with E-state index >= 15 is 0 Å². The van der Waals surface area contributed by atoms with Gasteiger partial charge in [0.15, 0.2) is 0 Å². The van der Waals surface area contributed by atoms with Gasteiger partial charge < -0.3 is 0 Å². The van der Waals surface area contributed by atoms with Crippen molar-refractivity contribution in [1.82, 2.24) is 0 Å². The van der Waals surface area contributed by atoms with Gasteiger partial charge in [0.25, 0.3) is 0 Å². The molecule has 0 heterocycles. The molecule has 1 heteroatoms. The van der Waals surface area contributed by atoms with Gasteiger partial charge in [-0.05, 0) is 23.0 Å². The van der Waals surface area contributed by atoms with Crippen LogP contribution in [0.3, 0.4) is 0 Å². The van der Waals surface area contributed by atoms with Crippen molar-refractivity contribution in [2.24, 2.45) is 5.92 Å². The van der Waals surface area contributed by atoms with Crippen LogP contribution in [0.1, 0.15) is 38.3 Å². The van der Waals surface area contributed by atoms with Gasteiger partial charge in [0, 0.05) is 12.3 Å². The molecule has 0 amide bonds. The fourth-order valence-corrected chi connectivity index (χ4v) is 2.75. The lowest BCUT2D eigenvalue weighted by Gasteiger charge is -2.26. The van der Waals surface area contributed by atoms with Crippen molar-refractivity contribution >= 4 is 5.78 Å². The van der Waals surface area contributed by atoms with Crippen molar-refractivity contribution in [3.63, 3.8) is 0 Å². The van der Waals surface area contributed by atoms with E-state index in [4.69, 9.17) is 0 Å². The highest BCUT2D eigenvalue weighted by molar-refractivity contribution is 5.83. The first kappa shape index (κ1) is 10.4. The Morgan fingerprint density at radius 2 is 2.07 bits per heavy atom. The van der Waals surface area contributed by atoms with Gasteiger partial charge in [-0.3, -0.25) is 4.79 Å². The zero-order valence-corrected chi connectivity index (χ0v) is 9.71. The van der Waals surface area contributed by atoms with Crippen LogP contribution in [0.5, 0.6) is 0 Å². The van der Waals surface area contributed by atoms with Gasteiger partial charge in [-0.1, -0.05) is 45.0 Å². The molecule has 1 aliphatic carbocycles. The van der Waals surface area contributed by atoms with Crippen molar-refractivity contribution in [1.29, 1.82) is 0 Å². The Kier molecular flexibility index (Phi) is 2.41. The van der Waals surface area contributed by atoms with Gasteiger partial charge in [0.05, 0.1) is 0 Å². The molecule has 0 radical (unpaired) electrons. The molecule has 1 aromatic carbocycles. The zero-order chi connectivity index (χ0) is 11.1. The van der Waals surface area contributed by atoms with Crippen LogP contribution in [-0.4, -0.2) is 5.78 Å². The molecule has 80 valence electrons. The minimum atomic E-state index is 0.0175. The fraction of sp³-hybridized carbons (Fsp3) is 0.500. The molecule has 1 aromatic rings. The third-order valence-electron chi connectivity index (χ3n) is 3.74. The van der Waals surface area contributed by atoms with Crippen LogP contribution in [0.25, 0.3) is 0 Å². The SMILES string of the molecule is CCC(=O)C1Cc2ccccc2C1(C)C. The Hall–Kier alpha value is -1.11. The molecular weight excluding hydrogens is 184 g/mol. The predicted octanol–water partition coefficient (Wildman–Crippen LogP) is 3.12. The molecule has 0 bridgehead atoms. The second-order valence-electron chi connectivity index (χ2n) is 4.96. The number of carbonyl (C=O) groups is 1. The Balaban J connectivity index is 2.42. The number of benzene rings is 1. The first-order valence-corrected chi connectivity index (χ1v) is 5.68. The lowest BCUT2D eigenvalue weighted by atomic mass is 9.76. The summed E-state index contributed by atoms with van der Waals surface area (Å²) in [7, 11) is 0. The minimum absolute atomic E-state index is 0.0175. The maximum Gasteiger partial charge on any atom is 0.136 e. The van der Waals surface area contributed by atoms with Gasteiger partial charge in [0.1, 0.15) is 5.78 Å². The molecule has 0 N–H and O–H groups in total. The second kappa shape index (κ2) is 3.48. The zero-order valence-electron chi connectivity index (χ0n) is 9.71. The smallest absolute Gasteiger partial charge is 0.136 e. The largest absolute Gasteiger partial charge is 0.299 e. The first-order chi connectivity index (χ1) is 7.07. The number of hydrogen-bond donors (Lipinski definition) is 0. The van der Waals surface area contributed by atoms with Crippen LogP contribution in [-0.2, 0) is 16.6 Å². The van der Waals surface area contributed by atoms with E-state index in [-0.39, 0.29) is 11.3 Å². The summed E-state index contributed by atoms with van der Waals surface area (Å²) in [6.45, 7) is 6.34. The molecule has 0 fully saturated rings. The van der Waals surface area contributed by atoms with Crippen molar-refractivity contribution in [3.05, 3.63) is 35.4 Å². The van der Waals surface area contributed by atoms with Gasteiger partial charge >= 0.3 is 0 Å². The van der Waals surface area contributed by atoms with Crippen LogP contribution in [0.2, 0.25) is 0 Å². The molecule has 1 aliphatic rings. The van der Waals surface area contributed by atoms with Gasteiger partial charge in [-0.15, -0.1) is 0 Å². The number of rotatable bonds is 2. The number of Topliss-reactive ketones (excluding diaryl/α,β-unsaturated/α-hetero) is 1. The highest BCUT2D eigenvalue weighted by Gasteiger charge is 2.42. The molecule has 0 saturated carbocycles. The number of fused-ring (bicyclic) bond motifs is 1. The second-order valence-corrected chi connectivity index (χ2v) is 4.96. The van der Waals surface area contributed by atoms with E-state index in [0.29, 0.717) is 12.2 Å². The summed E-state index contributed by atoms with van der Waals surface area (Å²) in [5.74, 6) is 0.580. The lowest BCUT2D eigenvalue weighted by molar-refractivity contribution is -0.124. The Morgan fingerprint density at radius 1 is 1.40 bits per heavy atom. The maximum absolute atomic E-state index is 11.9. The average Bonchev–Trinajstić information content (AvgIpc) is 2.51. The molecule has 0 aromatic heterocycles. The van der Waals surface area contributed by atoms with E-state index in [1.54, 1.807) is 0 Å². The van der Waals surface area contributed by atoms with E-state index in [1.165, 1.54) is 11.1 Å². The van der Waals surface area contributed by atoms with E-state index in [9.17, 15) is 4.79 Å². The van der Waals surface area contributed by atoms with E-state index < -0.39 is 0 Å². The molecule has 0 saturated heterocycles. The summed E-state index contributed by atoms with van der Waals surface area (Å²) < 4.78 is 0. The van der Waals surface area contributed by atoms with Gasteiger partial charge in [0.2, 0.25) is 0 Å². The highest BCUT2D eigenvalue weighted by atomic mass is 16.1. The van der Waals surface area contributed by atoms with Crippen LogP contribution in [0, 0.1) is 5.92 Å². The molecule has 15 heavy (non-hydrogen) atoms. The van der Waals surface area contributed by atoms with Crippen LogP contribution >= 0.6 is 0 Å². The van der Waals surface area contributed by atoms with Crippen LogP contribution in [0.15, 0.2) is 24.3 Å². The molecule has 1 nitrogen and oxygen atoms in total. The molecule has 1 atom stereocenters. The molecular formula is C14H18O. The molecule has 2 rings (SSSR count). The first-order valence-electron chi connectivity index (χ1n) is 5.68. The van der Waals surface area contributed by atoms with Crippen molar-refractivity contribution < 1.29 is 4.79 Å². The van der Waals surface area contributed by atoms with Gasteiger partial charge in [-0.25, -0.2) is 0 Å². The molecule has 0 aliphatic heterocycles. The monoisotopic (exact) mass is 202 g/mol. The summed E-state index contributed by atoms with van der Waals surface area (Å²) >= 11 is 0. The Morgan fingerprint density at radius 3 is 2.67 bits per heavy atom. The van der Waals surface area contributed by atoms with E-state index in [2.05, 4.69) is 38.1 Å². The van der Waals surface area contributed by atoms with E-state index in [1.807, 2.05) is 6.92 Å². The normalized spacial score (nSPS) is 22.5. The fourth-order valence-electron chi connectivity index (χ4n) is 2.75. The van der Waals surface area contributed by atoms with E-state index in [0.717, 1.165) is 6.42 Å². The molecule has 1 unspecified atom stereocenters. The topological polar surface area (TPSA) is 17.1 Å². The highest BCUT2D eigenvalue weighted by Crippen LogP contribution is 2.43. The summed E-state index contributed by atoms with van der Waals surface area (Å²) in [6.07, 6.45) is 1.58. The number of ketones is 1. The van der Waals surface area contributed by atoms with Gasteiger partial charge in [-0.2, -0.15) is 0 Å². The van der Waals surface area contributed by atoms with Crippen molar-refractivity contribution in [2.75, 3.05) is 0 Å². The standard InChI is InChI=1S/C14H18O/c1-4-13(15)12-9-10-7-5-6-8-11(10)14(12,2)3/h5-8,12H,4,9H2,1-3H3. The Labute approximate surface area is 91.5 Å². The predicted molar refractivity (Wildman–Crippen MR) is 62.0 cm³/mol. The summed E-state index contributed by atoms with van der Waals surface area (Å²) in [4.78, 5) is 11.9. The lowest BCUT2D eigenvalue weighted by Crippen LogP contribution is -2.30. The third-order valence-corrected chi connectivity index (χ3v) is 3.74. The van der Waals surface area contributed by atoms with Crippen molar-refractivity contribution in [3.8, 4) is 0 Å². The minimum Gasteiger partial charge on any atom is -0.299 e. The third kappa shape index (κ3) is 1.50. The average molecular weight is 202 g/mol. The summed E-state index contributed by atoms with van der Waals surface area (Å²) in [5, 5.41) is 0. The Bertz CT molecular complexity index is 390. The maximum atomic E-state index is 11.9. The summed E-state index contributed by atoms with van der Waals surface area (Å²) in [6, 6.07) is 8.45. The van der Waals surface area contributed by atoms with Crippen LogP contribution in [0.4, 0.5) is 0 Å². The van der Waals surface area contributed by atoms with Crippen molar-refractivity contribution in [2.45, 2.75) is 39.0 Å². The number of hydrogen-bond acceptors (Lipinski definition) is 1. The van der Waals surface area contributed by atoms with Crippen LogP contribution < -0.4 is 0 Å². The quantitative estimate of drug-likeness (QED) is 0.720. The number of carbonyl (C=O) groups excluding carboxylic acids is 1. The summed E-state index contributed by atoms with van der Waals surface area (Å²) in [5.41, 5.74) is 2.73.